The molecule has 1 aromatic carbocycles. The van der Waals surface area contributed by atoms with Crippen LogP contribution in [-0.2, 0) is 4.79 Å². The molecule has 0 fully saturated rings. The Balaban J connectivity index is 2.69. The van der Waals surface area contributed by atoms with Gasteiger partial charge in [0.1, 0.15) is 5.78 Å². The summed E-state index contributed by atoms with van der Waals surface area (Å²) in [5.74, 6) is 0.0626. The fourth-order valence-corrected chi connectivity index (χ4v) is 1.42. The van der Waals surface area contributed by atoms with E-state index in [4.69, 9.17) is 23.2 Å². The second-order valence-corrected chi connectivity index (χ2v) is 4.05. The molecule has 0 atom stereocenters. The Morgan fingerprint density at radius 3 is 2.60 bits per heavy atom. The maximum Gasteiger partial charge on any atom is 0.135 e. The largest absolute Gasteiger partial charge is 0.359 e. The van der Waals surface area contributed by atoms with Crippen LogP contribution in [0.4, 0.5) is 5.69 Å². The second kappa shape index (κ2) is 5.19. The van der Waals surface area contributed by atoms with E-state index in [1.165, 1.54) is 6.92 Å². The summed E-state index contributed by atoms with van der Waals surface area (Å²) in [6.45, 7) is 5.25. The molecule has 0 aromatic heterocycles. The summed E-state index contributed by atoms with van der Waals surface area (Å²) in [5, 5.41) is 3.95. The van der Waals surface area contributed by atoms with Crippen molar-refractivity contribution in [2.45, 2.75) is 13.3 Å². The van der Waals surface area contributed by atoms with E-state index in [2.05, 4.69) is 11.9 Å². The lowest BCUT2D eigenvalue weighted by atomic mass is 10.2. The number of nitrogens with one attached hydrogen (secondary N) is 1. The Morgan fingerprint density at radius 1 is 1.40 bits per heavy atom. The predicted octanol–water partition coefficient (Wildman–Crippen LogP) is 3.90. The Kier molecular flexibility index (Phi) is 4.18. The van der Waals surface area contributed by atoms with Gasteiger partial charge in [-0.2, -0.15) is 0 Å². The Bertz CT molecular complexity index is 402. The molecule has 0 aliphatic heterocycles. The van der Waals surface area contributed by atoms with Gasteiger partial charge in [-0.3, -0.25) is 4.79 Å². The van der Waals surface area contributed by atoms with E-state index in [-0.39, 0.29) is 5.78 Å². The van der Waals surface area contributed by atoms with Gasteiger partial charge < -0.3 is 5.32 Å². The van der Waals surface area contributed by atoms with Crippen LogP contribution in [0.5, 0.6) is 0 Å². The van der Waals surface area contributed by atoms with Gasteiger partial charge in [-0.15, -0.1) is 0 Å². The number of carbonyl (C=O) groups excluding carboxylic acids is 1. The average molecular weight is 244 g/mol. The van der Waals surface area contributed by atoms with E-state index in [0.29, 0.717) is 22.2 Å². The number of anilines is 1. The van der Waals surface area contributed by atoms with Crippen molar-refractivity contribution in [1.82, 2.24) is 0 Å². The maximum absolute atomic E-state index is 10.8. The monoisotopic (exact) mass is 243 g/mol. The fourth-order valence-electron chi connectivity index (χ4n) is 1.12. The lowest BCUT2D eigenvalue weighted by Gasteiger charge is -2.08. The van der Waals surface area contributed by atoms with Gasteiger partial charge >= 0.3 is 0 Å². The minimum atomic E-state index is 0.0626. The number of Topliss-reactive ketones (excluding diaryl/α,β-unsaturated/α-hetero) is 1. The molecule has 1 rings (SSSR count). The number of hydrogen-bond donors (Lipinski definition) is 1. The highest BCUT2D eigenvalue weighted by molar-refractivity contribution is 6.42. The first-order valence-corrected chi connectivity index (χ1v) is 5.14. The molecule has 0 unspecified atom stereocenters. The summed E-state index contributed by atoms with van der Waals surface area (Å²) < 4.78 is 0. The van der Waals surface area contributed by atoms with E-state index in [1.807, 2.05) is 0 Å². The van der Waals surface area contributed by atoms with Crippen molar-refractivity contribution in [3.05, 3.63) is 40.5 Å². The van der Waals surface area contributed by atoms with Gasteiger partial charge in [0, 0.05) is 17.8 Å². The molecule has 0 amide bonds. The number of halogens is 2. The van der Waals surface area contributed by atoms with Crippen LogP contribution in [-0.4, -0.2) is 5.78 Å². The van der Waals surface area contributed by atoms with Gasteiger partial charge in [0.25, 0.3) is 0 Å². The summed E-state index contributed by atoms with van der Waals surface area (Å²) in [6, 6.07) is 5.15. The minimum absolute atomic E-state index is 0.0626. The quantitative estimate of drug-likeness (QED) is 0.870. The third kappa shape index (κ3) is 3.94. The van der Waals surface area contributed by atoms with Gasteiger partial charge in [-0.25, -0.2) is 0 Å². The van der Waals surface area contributed by atoms with Crippen LogP contribution in [0.25, 0.3) is 0 Å². The summed E-state index contributed by atoms with van der Waals surface area (Å²) in [5.41, 5.74) is 1.41. The van der Waals surface area contributed by atoms with E-state index in [1.54, 1.807) is 18.2 Å². The van der Waals surface area contributed by atoms with Crippen molar-refractivity contribution in [3.63, 3.8) is 0 Å². The number of ketones is 1. The van der Waals surface area contributed by atoms with Crippen molar-refractivity contribution in [2.75, 3.05) is 5.32 Å². The van der Waals surface area contributed by atoms with Crippen LogP contribution in [0.2, 0.25) is 10.0 Å². The van der Waals surface area contributed by atoms with E-state index in [9.17, 15) is 4.79 Å². The fraction of sp³-hybridized carbons (Fsp3) is 0.182. The molecule has 0 heterocycles. The van der Waals surface area contributed by atoms with Gasteiger partial charge in [0.15, 0.2) is 0 Å². The van der Waals surface area contributed by atoms with Crippen molar-refractivity contribution in [3.8, 4) is 0 Å². The molecule has 0 aliphatic rings. The molecule has 0 bridgehead atoms. The molecule has 0 spiro atoms. The van der Waals surface area contributed by atoms with Crippen molar-refractivity contribution in [2.24, 2.45) is 0 Å². The third-order valence-electron chi connectivity index (χ3n) is 1.70. The lowest BCUT2D eigenvalue weighted by molar-refractivity contribution is -0.116. The standard InChI is InChI=1S/C11H11Cl2NO/c1-7(5-8(2)15)14-9-3-4-10(12)11(13)6-9/h3-4,6,14H,1,5H2,2H3. The minimum Gasteiger partial charge on any atom is -0.359 e. The molecule has 2 nitrogen and oxygen atoms in total. The predicted molar refractivity (Wildman–Crippen MR) is 64.5 cm³/mol. The first kappa shape index (κ1) is 12.1. The number of allylic oxidation sites excluding steroid dienone is 1. The van der Waals surface area contributed by atoms with E-state index >= 15 is 0 Å². The lowest BCUT2D eigenvalue weighted by Crippen LogP contribution is -2.02. The average Bonchev–Trinajstić information content (AvgIpc) is 2.10. The normalized spacial score (nSPS) is 9.80. The van der Waals surface area contributed by atoms with Crippen LogP contribution in [0.1, 0.15) is 13.3 Å². The van der Waals surface area contributed by atoms with Crippen LogP contribution in [0.15, 0.2) is 30.5 Å². The highest BCUT2D eigenvalue weighted by Gasteiger charge is 2.02. The van der Waals surface area contributed by atoms with Gasteiger partial charge in [-0.1, -0.05) is 29.8 Å². The number of benzene rings is 1. The van der Waals surface area contributed by atoms with Crippen molar-refractivity contribution < 1.29 is 4.79 Å². The van der Waals surface area contributed by atoms with Crippen molar-refractivity contribution >= 4 is 34.7 Å². The molecular weight excluding hydrogens is 233 g/mol. The first-order chi connectivity index (χ1) is 6.99. The molecule has 0 saturated carbocycles. The molecule has 1 aromatic rings. The summed E-state index contributed by atoms with van der Waals surface area (Å²) in [6.07, 6.45) is 0.306. The summed E-state index contributed by atoms with van der Waals surface area (Å²) in [4.78, 5) is 10.8. The number of rotatable bonds is 4. The van der Waals surface area contributed by atoms with Crippen LogP contribution >= 0.6 is 23.2 Å². The summed E-state index contributed by atoms with van der Waals surface area (Å²) >= 11 is 11.6. The van der Waals surface area contributed by atoms with Gasteiger partial charge in [-0.05, 0) is 25.1 Å². The topological polar surface area (TPSA) is 29.1 Å². The van der Waals surface area contributed by atoms with E-state index < -0.39 is 0 Å². The first-order valence-electron chi connectivity index (χ1n) is 4.38. The van der Waals surface area contributed by atoms with Crippen LogP contribution in [0.3, 0.4) is 0 Å². The molecule has 0 radical (unpaired) electrons. The molecule has 0 saturated heterocycles. The smallest absolute Gasteiger partial charge is 0.135 e. The van der Waals surface area contributed by atoms with Gasteiger partial charge in [0.2, 0.25) is 0 Å². The summed E-state index contributed by atoms with van der Waals surface area (Å²) in [7, 11) is 0. The molecule has 1 N–H and O–H groups in total. The Morgan fingerprint density at radius 2 is 2.07 bits per heavy atom. The Hall–Kier alpha value is -0.990. The number of hydrogen-bond acceptors (Lipinski definition) is 2. The van der Waals surface area contributed by atoms with Gasteiger partial charge in [0.05, 0.1) is 10.0 Å². The van der Waals surface area contributed by atoms with E-state index in [0.717, 1.165) is 5.69 Å². The third-order valence-corrected chi connectivity index (χ3v) is 2.44. The number of carbonyl (C=O) groups is 1. The molecule has 80 valence electrons. The molecule has 0 aliphatic carbocycles. The molecule has 4 heteroatoms. The molecular formula is C11H11Cl2NO. The Labute approximate surface area is 98.9 Å². The van der Waals surface area contributed by atoms with Crippen LogP contribution in [0, 0.1) is 0 Å². The highest BCUT2D eigenvalue weighted by Crippen LogP contribution is 2.25. The zero-order chi connectivity index (χ0) is 11.4. The highest BCUT2D eigenvalue weighted by atomic mass is 35.5. The second-order valence-electron chi connectivity index (χ2n) is 3.24. The van der Waals surface area contributed by atoms with Crippen LogP contribution < -0.4 is 5.32 Å². The maximum atomic E-state index is 10.8. The molecule has 15 heavy (non-hydrogen) atoms. The SMILES string of the molecule is C=C(CC(C)=O)Nc1ccc(Cl)c(Cl)c1. The van der Waals surface area contributed by atoms with Crippen molar-refractivity contribution in [1.29, 1.82) is 0 Å². The zero-order valence-electron chi connectivity index (χ0n) is 8.31. The zero-order valence-corrected chi connectivity index (χ0v) is 9.82.